The molecule has 0 amide bonds. The molecule has 0 spiro atoms. The zero-order chi connectivity index (χ0) is 56.4. The minimum absolute atomic E-state index is 0.0483. The molecule has 13 rings (SSSR count). The van der Waals surface area contributed by atoms with Crippen LogP contribution >= 0.6 is 0 Å². The summed E-state index contributed by atoms with van der Waals surface area (Å²) in [4.78, 5) is 5.53. The lowest BCUT2D eigenvalue weighted by atomic mass is 9.58. The van der Waals surface area contributed by atoms with E-state index in [4.69, 9.17) is 4.99 Å². The summed E-state index contributed by atoms with van der Waals surface area (Å²) in [5.74, 6) is 0.240. The number of aromatic nitrogens is 1. The van der Waals surface area contributed by atoms with E-state index >= 15 is 0 Å². The number of aliphatic imine (C=N–C) groups is 1. The molecule has 1 N–H and O–H groups in total. The summed E-state index contributed by atoms with van der Waals surface area (Å²) < 4.78 is 2.52. The molecule has 83 heavy (non-hydrogen) atoms. The Morgan fingerprint density at radius 1 is 0.639 bits per heavy atom. The van der Waals surface area contributed by atoms with Gasteiger partial charge in [0, 0.05) is 39.7 Å². The van der Waals surface area contributed by atoms with Crippen molar-refractivity contribution < 1.29 is 0 Å². The summed E-state index contributed by atoms with van der Waals surface area (Å²) in [5, 5.41) is 11.9. The molecule has 0 saturated carbocycles. The maximum atomic E-state index is 9.44. The fourth-order valence-corrected chi connectivity index (χ4v) is 13.8. The normalized spacial score (nSPS) is 17.7. The van der Waals surface area contributed by atoms with Gasteiger partial charge in [0.25, 0.3) is 0 Å². The van der Waals surface area contributed by atoms with E-state index in [1.807, 2.05) is 18.2 Å². The number of benzene rings is 9. The van der Waals surface area contributed by atoms with Crippen molar-refractivity contribution in [3.8, 4) is 16.8 Å². The van der Waals surface area contributed by atoms with Crippen molar-refractivity contribution in [3.05, 3.63) is 329 Å². The monoisotopic (exact) mass is 1070 g/mol. The van der Waals surface area contributed by atoms with Gasteiger partial charge in [0.15, 0.2) is 0 Å². The number of rotatable bonds is 15. The van der Waals surface area contributed by atoms with Crippen LogP contribution in [0.3, 0.4) is 0 Å². The maximum absolute atomic E-state index is 9.44. The summed E-state index contributed by atoms with van der Waals surface area (Å²) in [6.07, 6.45) is 14.8. The quantitative estimate of drug-likeness (QED) is 0.0785. The zero-order valence-corrected chi connectivity index (χ0v) is 47.8. The van der Waals surface area contributed by atoms with Crippen LogP contribution in [0.5, 0.6) is 0 Å². The van der Waals surface area contributed by atoms with E-state index in [0.29, 0.717) is 12.1 Å². The van der Waals surface area contributed by atoms with E-state index in [0.717, 1.165) is 54.5 Å². The highest BCUT2D eigenvalue weighted by Crippen LogP contribution is 2.60. The van der Waals surface area contributed by atoms with Gasteiger partial charge in [0.2, 0.25) is 0 Å². The molecule has 0 aliphatic heterocycles. The molecule has 3 atom stereocenters. The lowest BCUT2D eigenvalue weighted by molar-refractivity contribution is 0.334. The average molecular weight is 1070 g/mol. The Hall–Kier alpha value is -9.44. The Kier molecular flexibility index (Phi) is 14.6. The van der Waals surface area contributed by atoms with E-state index in [1.165, 1.54) is 105 Å². The van der Waals surface area contributed by atoms with E-state index < -0.39 is 5.41 Å². The molecule has 3 heteroatoms. The van der Waals surface area contributed by atoms with Crippen LogP contribution in [0, 0.1) is 11.3 Å². The van der Waals surface area contributed by atoms with Crippen LogP contribution in [0.4, 0.5) is 0 Å². The van der Waals surface area contributed by atoms with Gasteiger partial charge >= 0.3 is 0 Å². The molecule has 0 bridgehead atoms. The second-order valence-corrected chi connectivity index (χ2v) is 22.8. The minimum atomic E-state index is -0.430. The Morgan fingerprint density at radius 2 is 1.28 bits per heavy atom. The number of hydrogen-bond acceptors (Lipinski definition) is 2. The van der Waals surface area contributed by atoms with Gasteiger partial charge in [-0.3, -0.25) is 4.99 Å². The Morgan fingerprint density at radius 3 is 1.98 bits per heavy atom. The first-order chi connectivity index (χ1) is 40.7. The third kappa shape index (κ3) is 9.95. The highest BCUT2D eigenvalue weighted by Gasteiger charge is 2.51. The van der Waals surface area contributed by atoms with Crippen LogP contribution in [-0.4, -0.2) is 16.0 Å². The highest BCUT2D eigenvalue weighted by atomic mass is 15.0. The van der Waals surface area contributed by atoms with Crippen molar-refractivity contribution >= 4 is 55.5 Å². The second kappa shape index (κ2) is 22.8. The van der Waals surface area contributed by atoms with Crippen molar-refractivity contribution in [2.45, 2.75) is 70.8 Å². The standard InChI is InChI=1S/C80H69N3/c1-54(58-24-10-5-11-25-58)50-73(62-30-16-8-17-31-62)56(3)55(2)59-38-43-66(44-39-59)80(67-45-40-64(41-46-67)77(53-76(81)63-32-18-9-19-33-63)82-57(4)60-26-12-6-13-27-60)74-36-22-20-34-69(74)70-49-47-68(52-75(70)80)83-78-37-23-21-35-71(78)72-48-42-65(51-79(72)83)61-28-14-7-15-29-61/h5-21,23-35,37-40,42-44,47-52,57,67,81H,1,22,36,41,45-46,53H2,2-4H3. The largest absolute Gasteiger partial charge is 0.309 e. The molecule has 0 fully saturated rings. The lowest BCUT2D eigenvalue weighted by Crippen LogP contribution is -2.39. The molecule has 1 heterocycles. The van der Waals surface area contributed by atoms with Crippen LogP contribution in [0.2, 0.25) is 0 Å². The number of nitrogens with one attached hydrogen (secondary N) is 1. The number of allylic oxidation sites excluding steroid dienone is 11. The van der Waals surface area contributed by atoms with Gasteiger partial charge < -0.3 is 9.98 Å². The highest BCUT2D eigenvalue weighted by molar-refractivity contribution is 6.17. The number of hydrogen-bond donors (Lipinski definition) is 1. The Balaban J connectivity index is 0.975. The molecule has 3 aliphatic carbocycles. The number of fused-ring (bicyclic) bond motifs is 5. The molecule has 3 unspecified atom stereocenters. The Bertz CT molecular complexity index is 4280. The Labute approximate surface area is 490 Å². The zero-order valence-electron chi connectivity index (χ0n) is 47.8. The minimum Gasteiger partial charge on any atom is -0.309 e. The van der Waals surface area contributed by atoms with Gasteiger partial charge in [-0.05, 0) is 184 Å². The lowest BCUT2D eigenvalue weighted by Gasteiger charge is -2.44. The summed E-state index contributed by atoms with van der Waals surface area (Å²) in [7, 11) is 0. The summed E-state index contributed by atoms with van der Waals surface area (Å²) in [6, 6.07) is 85.9. The van der Waals surface area contributed by atoms with Crippen LogP contribution < -0.4 is 0 Å². The number of nitrogens with zero attached hydrogens (tertiary/aromatic N) is 2. The van der Waals surface area contributed by atoms with E-state index in [1.54, 1.807) is 0 Å². The maximum Gasteiger partial charge on any atom is 0.0724 e. The topological polar surface area (TPSA) is 41.1 Å². The molecule has 9 aromatic carbocycles. The first kappa shape index (κ1) is 52.9. The van der Waals surface area contributed by atoms with Gasteiger partial charge in [0.1, 0.15) is 0 Å². The summed E-state index contributed by atoms with van der Waals surface area (Å²) >= 11 is 0. The molecule has 3 aliphatic rings. The molecule has 1 aromatic heterocycles. The fraction of sp³-hybridized carbons (Fsp3) is 0.150. The van der Waals surface area contributed by atoms with Gasteiger partial charge in [-0.1, -0.05) is 237 Å². The van der Waals surface area contributed by atoms with E-state index in [-0.39, 0.29) is 12.0 Å². The van der Waals surface area contributed by atoms with Crippen LogP contribution in [-0.2, 0) is 5.41 Å². The predicted octanol–water partition coefficient (Wildman–Crippen LogP) is 20.8. The molecular formula is C80H69N3. The molecule has 0 radical (unpaired) electrons. The third-order valence-corrected chi connectivity index (χ3v) is 18.2. The van der Waals surface area contributed by atoms with Crippen LogP contribution in [0.15, 0.2) is 289 Å². The predicted molar refractivity (Wildman–Crippen MR) is 352 cm³/mol. The van der Waals surface area contributed by atoms with Crippen molar-refractivity contribution in [1.82, 2.24) is 4.57 Å². The summed E-state index contributed by atoms with van der Waals surface area (Å²) in [5.41, 5.74) is 25.7. The van der Waals surface area contributed by atoms with Crippen molar-refractivity contribution in [1.29, 1.82) is 5.41 Å². The molecule has 3 nitrogen and oxygen atoms in total. The van der Waals surface area contributed by atoms with Gasteiger partial charge in [-0.2, -0.15) is 0 Å². The van der Waals surface area contributed by atoms with E-state index in [9.17, 15) is 5.41 Å². The third-order valence-electron chi connectivity index (χ3n) is 18.2. The van der Waals surface area contributed by atoms with E-state index in [2.05, 4.69) is 275 Å². The van der Waals surface area contributed by atoms with Crippen molar-refractivity contribution in [2.75, 3.05) is 0 Å². The summed E-state index contributed by atoms with van der Waals surface area (Å²) in [6.45, 7) is 11.3. The second-order valence-electron chi connectivity index (χ2n) is 22.8. The average Bonchev–Trinajstić information content (AvgIpc) is 2.05. The molecule has 0 saturated heterocycles. The fourth-order valence-electron chi connectivity index (χ4n) is 13.8. The van der Waals surface area contributed by atoms with Crippen LogP contribution in [0.25, 0.3) is 60.9 Å². The van der Waals surface area contributed by atoms with Gasteiger partial charge in [0.05, 0.1) is 17.1 Å². The SMILES string of the molecule is C=C(C=C(C(C)=C(C)c1ccc(C2(C3CC=C(C(CC(=N)c4ccccc4)=NC(C)c4ccccc4)CC3)C3=C(C=CCC3)c3ccc(-n4c5ccccc5c5ccc(-c6ccccc6)cc54)cc32)cc1)c1ccccc1)c1ccccc1. The van der Waals surface area contributed by atoms with Crippen molar-refractivity contribution in [2.24, 2.45) is 10.9 Å². The van der Waals surface area contributed by atoms with Gasteiger partial charge in [-0.25, -0.2) is 0 Å². The van der Waals surface area contributed by atoms with Gasteiger partial charge in [-0.15, -0.1) is 0 Å². The first-order valence-corrected chi connectivity index (χ1v) is 29.6. The first-order valence-electron chi connectivity index (χ1n) is 29.6. The molecule has 10 aromatic rings. The van der Waals surface area contributed by atoms with Crippen LogP contribution in [0.1, 0.15) is 110 Å². The smallest absolute Gasteiger partial charge is 0.0724 e. The molecule has 404 valence electrons. The van der Waals surface area contributed by atoms with Crippen molar-refractivity contribution in [3.63, 3.8) is 0 Å². The molecular weight excluding hydrogens is 1000 g/mol. The number of para-hydroxylation sites is 1.